The van der Waals surface area contributed by atoms with Crippen LogP contribution < -0.4 is 0 Å². The summed E-state index contributed by atoms with van der Waals surface area (Å²) in [5, 5.41) is 9.47. The number of rotatable bonds is 3. The van der Waals surface area contributed by atoms with Crippen molar-refractivity contribution in [1.82, 2.24) is 4.98 Å². The third-order valence-electron chi connectivity index (χ3n) is 2.48. The van der Waals surface area contributed by atoms with Crippen molar-refractivity contribution in [3.8, 4) is 0 Å². The van der Waals surface area contributed by atoms with Gasteiger partial charge < -0.3 is 9.84 Å². The van der Waals surface area contributed by atoms with Gasteiger partial charge in [-0.3, -0.25) is 4.98 Å². The number of carboxylic acid groups (broad SMARTS) is 1. The number of pyridine rings is 1. The van der Waals surface area contributed by atoms with Gasteiger partial charge in [-0.05, 0) is 18.9 Å². The first-order valence-corrected chi connectivity index (χ1v) is 6.07. The maximum absolute atomic E-state index is 11.0. The zero-order valence-electron chi connectivity index (χ0n) is 8.76. The number of thioether (sulfide) groups is 1. The maximum Gasteiger partial charge on any atom is 0.336 e. The number of ether oxygens (including phenoxy) is 1. The topological polar surface area (TPSA) is 59.4 Å². The summed E-state index contributed by atoms with van der Waals surface area (Å²) in [6, 6.07) is 1.55. The Kier molecular flexibility index (Phi) is 3.79. The van der Waals surface area contributed by atoms with Gasteiger partial charge in [0.2, 0.25) is 0 Å². The van der Waals surface area contributed by atoms with Crippen molar-refractivity contribution in [3.63, 3.8) is 0 Å². The van der Waals surface area contributed by atoms with Gasteiger partial charge in [0.05, 0.1) is 5.56 Å². The number of carbonyl (C=O) groups is 1. The quantitative estimate of drug-likeness (QED) is 0.874. The van der Waals surface area contributed by atoms with Gasteiger partial charge in [-0.1, -0.05) is 0 Å². The Morgan fingerprint density at radius 2 is 2.25 bits per heavy atom. The lowest BCUT2D eigenvalue weighted by Crippen LogP contribution is -2.17. The predicted molar refractivity (Wildman–Crippen MR) is 60.9 cm³/mol. The number of carboxylic acids is 1. The van der Waals surface area contributed by atoms with E-state index in [0.29, 0.717) is 10.8 Å². The summed E-state index contributed by atoms with van der Waals surface area (Å²) >= 11 is 1.60. The van der Waals surface area contributed by atoms with Crippen LogP contribution >= 0.6 is 11.8 Å². The second-order valence-corrected chi connectivity index (χ2v) is 4.95. The summed E-state index contributed by atoms with van der Waals surface area (Å²) in [5.41, 5.74) is 0.339. The molecule has 1 N–H and O–H groups in total. The lowest BCUT2D eigenvalue weighted by atomic mass is 10.2. The third-order valence-corrected chi connectivity index (χ3v) is 3.86. The largest absolute Gasteiger partial charge is 0.478 e. The Labute approximate surface area is 98.0 Å². The molecule has 1 saturated heterocycles. The number of aromatic nitrogens is 1. The Morgan fingerprint density at radius 1 is 1.50 bits per heavy atom. The molecule has 0 aromatic carbocycles. The van der Waals surface area contributed by atoms with Crippen LogP contribution in [0.1, 0.15) is 23.2 Å². The second-order valence-electron chi connectivity index (χ2n) is 3.61. The van der Waals surface area contributed by atoms with E-state index in [4.69, 9.17) is 9.84 Å². The molecule has 0 saturated carbocycles. The van der Waals surface area contributed by atoms with E-state index in [2.05, 4.69) is 4.98 Å². The second kappa shape index (κ2) is 5.32. The van der Waals surface area contributed by atoms with E-state index in [1.807, 2.05) is 0 Å². The van der Waals surface area contributed by atoms with E-state index in [0.717, 1.165) is 31.0 Å². The van der Waals surface area contributed by atoms with Gasteiger partial charge in [0.1, 0.15) is 0 Å². The van der Waals surface area contributed by atoms with Crippen molar-refractivity contribution in [2.24, 2.45) is 0 Å². The van der Waals surface area contributed by atoms with Crippen LogP contribution in [0.3, 0.4) is 0 Å². The molecule has 0 radical (unpaired) electrons. The zero-order chi connectivity index (χ0) is 11.4. The summed E-state index contributed by atoms with van der Waals surface area (Å²) in [5.74, 6) is -0.892. The van der Waals surface area contributed by atoms with Gasteiger partial charge in [0.15, 0.2) is 0 Å². The highest BCUT2D eigenvalue weighted by molar-refractivity contribution is 8.00. The average molecular weight is 239 g/mol. The first-order valence-electron chi connectivity index (χ1n) is 5.19. The molecule has 86 valence electrons. The molecule has 4 nitrogen and oxygen atoms in total. The van der Waals surface area contributed by atoms with Crippen LogP contribution in [0.5, 0.6) is 0 Å². The highest BCUT2D eigenvalue weighted by Gasteiger charge is 2.18. The van der Waals surface area contributed by atoms with E-state index >= 15 is 0 Å². The minimum Gasteiger partial charge on any atom is -0.478 e. The molecule has 0 spiro atoms. The van der Waals surface area contributed by atoms with Crippen molar-refractivity contribution >= 4 is 17.7 Å². The van der Waals surface area contributed by atoms with Crippen molar-refractivity contribution in [2.45, 2.75) is 23.0 Å². The Bertz CT molecular complexity index is 377. The highest BCUT2D eigenvalue weighted by atomic mass is 32.2. The normalized spacial score (nSPS) is 17.2. The zero-order valence-corrected chi connectivity index (χ0v) is 9.57. The average Bonchev–Trinajstić information content (AvgIpc) is 2.31. The minimum absolute atomic E-state index is 0.339. The van der Waals surface area contributed by atoms with Gasteiger partial charge in [0, 0.05) is 35.8 Å². The molecule has 1 aliphatic heterocycles. The molecule has 1 aromatic heterocycles. The molecule has 0 atom stereocenters. The van der Waals surface area contributed by atoms with Crippen LogP contribution in [-0.4, -0.2) is 34.5 Å². The number of hydrogen-bond acceptors (Lipinski definition) is 4. The molecule has 5 heteroatoms. The molecular formula is C11H13NO3S. The van der Waals surface area contributed by atoms with Crippen LogP contribution in [0.15, 0.2) is 23.4 Å². The number of nitrogens with zero attached hydrogens (tertiary/aromatic N) is 1. The minimum atomic E-state index is -0.892. The predicted octanol–water partition coefficient (Wildman–Crippen LogP) is 2.05. The molecule has 1 aliphatic rings. The Hall–Kier alpha value is -1.07. The number of aromatic carboxylic acids is 1. The lowest BCUT2D eigenvalue weighted by molar-refractivity contribution is 0.0693. The molecule has 0 amide bonds. The van der Waals surface area contributed by atoms with Crippen LogP contribution in [0.25, 0.3) is 0 Å². The van der Waals surface area contributed by atoms with Crippen molar-refractivity contribution in [1.29, 1.82) is 0 Å². The van der Waals surface area contributed by atoms with Crippen molar-refractivity contribution in [2.75, 3.05) is 13.2 Å². The fourth-order valence-electron chi connectivity index (χ4n) is 1.62. The van der Waals surface area contributed by atoms with E-state index in [1.54, 1.807) is 24.0 Å². The van der Waals surface area contributed by atoms with Gasteiger partial charge in [-0.25, -0.2) is 4.79 Å². The highest BCUT2D eigenvalue weighted by Crippen LogP contribution is 2.31. The van der Waals surface area contributed by atoms with Crippen molar-refractivity contribution < 1.29 is 14.6 Å². The van der Waals surface area contributed by atoms with E-state index in [1.165, 1.54) is 6.20 Å². The van der Waals surface area contributed by atoms with Gasteiger partial charge in [0.25, 0.3) is 0 Å². The molecule has 1 fully saturated rings. The van der Waals surface area contributed by atoms with Gasteiger partial charge in [-0.15, -0.1) is 11.8 Å². The molecule has 0 unspecified atom stereocenters. The van der Waals surface area contributed by atoms with E-state index < -0.39 is 5.97 Å². The standard InChI is InChI=1S/C11H13NO3S/c13-11(14)9-1-4-12-7-10(9)16-8-2-5-15-6-3-8/h1,4,7-8H,2-3,5-6H2,(H,13,14). The molecule has 0 aliphatic carbocycles. The molecule has 0 bridgehead atoms. The van der Waals surface area contributed by atoms with Crippen molar-refractivity contribution in [3.05, 3.63) is 24.0 Å². The molecule has 16 heavy (non-hydrogen) atoms. The number of hydrogen-bond donors (Lipinski definition) is 1. The summed E-state index contributed by atoms with van der Waals surface area (Å²) in [4.78, 5) is 15.7. The SMILES string of the molecule is O=C(O)c1ccncc1SC1CCOCC1. The Morgan fingerprint density at radius 3 is 2.94 bits per heavy atom. The van der Waals surface area contributed by atoms with Crippen LogP contribution in [-0.2, 0) is 4.74 Å². The van der Waals surface area contributed by atoms with Gasteiger partial charge >= 0.3 is 5.97 Å². The van der Waals surface area contributed by atoms with Crippen LogP contribution in [0.4, 0.5) is 0 Å². The van der Waals surface area contributed by atoms with Gasteiger partial charge in [-0.2, -0.15) is 0 Å². The van der Waals surface area contributed by atoms with Crippen LogP contribution in [0.2, 0.25) is 0 Å². The fraction of sp³-hybridized carbons (Fsp3) is 0.455. The molecular weight excluding hydrogens is 226 g/mol. The lowest BCUT2D eigenvalue weighted by Gasteiger charge is -2.21. The summed E-state index contributed by atoms with van der Waals surface area (Å²) in [6.45, 7) is 1.53. The molecule has 2 rings (SSSR count). The third kappa shape index (κ3) is 2.74. The fourth-order valence-corrected chi connectivity index (χ4v) is 2.82. The first kappa shape index (κ1) is 11.4. The molecule has 2 heterocycles. The summed E-state index contributed by atoms with van der Waals surface area (Å²) in [6.07, 6.45) is 5.08. The first-order chi connectivity index (χ1) is 7.77. The van der Waals surface area contributed by atoms with E-state index in [-0.39, 0.29) is 0 Å². The monoisotopic (exact) mass is 239 g/mol. The summed E-state index contributed by atoms with van der Waals surface area (Å²) < 4.78 is 5.27. The van der Waals surface area contributed by atoms with Crippen LogP contribution in [0, 0.1) is 0 Å². The smallest absolute Gasteiger partial charge is 0.336 e. The maximum atomic E-state index is 11.0. The summed E-state index contributed by atoms with van der Waals surface area (Å²) in [7, 11) is 0. The van der Waals surface area contributed by atoms with E-state index in [9.17, 15) is 4.79 Å². The Balaban J connectivity index is 2.10. The molecule has 1 aromatic rings.